The zero-order valence-corrected chi connectivity index (χ0v) is 34.8. The minimum atomic E-state index is -0.643. The van der Waals surface area contributed by atoms with Crippen LogP contribution in [0, 0.1) is 56.7 Å². The summed E-state index contributed by atoms with van der Waals surface area (Å²) in [5.74, 6) is 0.231. The topological polar surface area (TPSA) is 137 Å². The lowest BCUT2D eigenvalue weighted by Gasteiger charge is -2.71. The normalized spacial score (nSPS) is 42.0. The van der Waals surface area contributed by atoms with E-state index in [4.69, 9.17) is 19.3 Å². The zero-order chi connectivity index (χ0) is 39.1. The molecule has 7 rings (SSSR count). The molecule has 0 aromatic carbocycles. The molecule has 11 heteroatoms. The molecular weight excluding hydrogens is 683 g/mol. The summed E-state index contributed by atoms with van der Waals surface area (Å²) in [5.41, 5.74) is -0.288. The molecule has 2 aliphatic heterocycles. The van der Waals surface area contributed by atoms with Crippen LogP contribution in [-0.4, -0.2) is 89.5 Å². The molecule has 54 heavy (non-hydrogen) atoms. The maximum atomic E-state index is 13.7. The first-order chi connectivity index (χ1) is 25.4. The van der Waals surface area contributed by atoms with E-state index in [2.05, 4.69) is 70.2 Å². The fourth-order valence-corrected chi connectivity index (χ4v) is 13.6. The number of nitrogens with one attached hydrogen (secondary N) is 2. The number of carboxylic acid groups (broad SMARTS) is 1. The third-order valence-corrected chi connectivity index (χ3v) is 17.1. The molecule has 3 saturated carbocycles. The van der Waals surface area contributed by atoms with Crippen molar-refractivity contribution in [3.63, 3.8) is 0 Å². The van der Waals surface area contributed by atoms with Crippen LogP contribution >= 0.6 is 0 Å². The van der Waals surface area contributed by atoms with Crippen molar-refractivity contribution in [1.29, 1.82) is 0 Å². The van der Waals surface area contributed by atoms with Crippen molar-refractivity contribution in [1.82, 2.24) is 25.4 Å². The zero-order valence-electron chi connectivity index (χ0n) is 34.8. The van der Waals surface area contributed by atoms with E-state index in [0.29, 0.717) is 50.7 Å². The van der Waals surface area contributed by atoms with Gasteiger partial charge in [0.25, 0.3) is 5.91 Å². The van der Waals surface area contributed by atoms with Gasteiger partial charge in [-0.15, -0.1) is 0 Å². The van der Waals surface area contributed by atoms with Gasteiger partial charge < -0.3 is 30.0 Å². The van der Waals surface area contributed by atoms with Crippen LogP contribution in [0.2, 0.25) is 0 Å². The number of rotatable bonds is 10. The molecule has 1 aromatic rings. The number of hydrogen-bond acceptors (Lipinski definition) is 8. The predicted molar refractivity (Wildman–Crippen MR) is 207 cm³/mol. The van der Waals surface area contributed by atoms with Gasteiger partial charge in [0.15, 0.2) is 0 Å². The lowest BCUT2D eigenvalue weighted by atomic mass is 9.34. The highest BCUT2D eigenvalue weighted by atomic mass is 16.5. The first kappa shape index (κ1) is 39.9. The first-order valence-electron chi connectivity index (χ1n) is 21.0. The summed E-state index contributed by atoms with van der Waals surface area (Å²) in [7, 11) is 2.02. The van der Waals surface area contributed by atoms with Crippen molar-refractivity contribution < 1.29 is 28.9 Å². The van der Waals surface area contributed by atoms with E-state index in [1.165, 1.54) is 11.9 Å². The standard InChI is InChI=1S/C43H69N5O6/c1-26(2)28(5)38(6)15-16-40(8)29-11-12-32-39(7)22-53-24-43(32,30(29)13-14-41(40,9)33(38)37(50)51)21-31(48-35(45-25-46-48)36(49)47-27(3)4)34(39)54-23-42(44-10)17-19-52-20-18-42/h13,25-29,31-34,44H,11-12,14-24H2,1-10H3,(H,47,49)(H,50,51)/t28-,29+,31-,32+,33-,34+,38-,39+,40-,41+,43?/m1/s1. The summed E-state index contributed by atoms with van der Waals surface area (Å²) in [4.78, 5) is 31.8. The molecule has 11 atom stereocenters. The van der Waals surface area contributed by atoms with Gasteiger partial charge >= 0.3 is 5.97 Å². The highest BCUT2D eigenvalue weighted by Gasteiger charge is 2.72. The van der Waals surface area contributed by atoms with Gasteiger partial charge in [-0.3, -0.25) is 9.59 Å². The van der Waals surface area contributed by atoms with Crippen molar-refractivity contribution in [2.75, 3.05) is 40.1 Å². The third-order valence-electron chi connectivity index (χ3n) is 17.1. The van der Waals surface area contributed by atoms with Crippen LogP contribution in [0.3, 0.4) is 0 Å². The molecule has 3 heterocycles. The largest absolute Gasteiger partial charge is 0.481 e. The van der Waals surface area contributed by atoms with Crippen LogP contribution in [0.15, 0.2) is 18.0 Å². The number of carboxylic acids is 1. The van der Waals surface area contributed by atoms with Crippen molar-refractivity contribution in [3.8, 4) is 0 Å². The summed E-state index contributed by atoms with van der Waals surface area (Å²) < 4.78 is 21.7. The van der Waals surface area contributed by atoms with E-state index >= 15 is 0 Å². The number of aliphatic carboxylic acids is 1. The van der Waals surface area contributed by atoms with E-state index < -0.39 is 17.3 Å². The number of nitrogens with zero attached hydrogens (tertiary/aromatic N) is 3. The second kappa shape index (κ2) is 13.9. The van der Waals surface area contributed by atoms with Crippen LogP contribution < -0.4 is 10.6 Å². The fraction of sp³-hybridized carbons (Fsp3) is 0.860. The number of aromatic nitrogens is 3. The molecular formula is C43H69N5O6. The van der Waals surface area contributed by atoms with Gasteiger partial charge in [-0.05, 0) is 112 Å². The number of likely N-dealkylation sites (N-methyl/N-ethyl adjacent to an activating group) is 1. The molecule has 0 radical (unpaired) electrons. The summed E-state index contributed by atoms with van der Waals surface area (Å²) in [6.45, 7) is 23.2. The monoisotopic (exact) mass is 752 g/mol. The average molecular weight is 752 g/mol. The van der Waals surface area contributed by atoms with Gasteiger partial charge in [0.05, 0.1) is 37.9 Å². The molecule has 0 spiro atoms. The van der Waals surface area contributed by atoms with Gasteiger partial charge in [0, 0.05) is 35.6 Å². The summed E-state index contributed by atoms with van der Waals surface area (Å²) in [6.07, 6.45) is 10.9. The van der Waals surface area contributed by atoms with Crippen LogP contribution in [-0.2, 0) is 19.0 Å². The Bertz CT molecular complexity index is 1620. The molecule has 3 N–H and O–H groups in total. The third kappa shape index (κ3) is 5.78. The molecule has 1 amide bonds. The average Bonchev–Trinajstić information content (AvgIpc) is 3.61. The molecule has 11 nitrogen and oxygen atoms in total. The van der Waals surface area contributed by atoms with Crippen LogP contribution in [0.5, 0.6) is 0 Å². The molecule has 5 fully saturated rings. The molecule has 6 aliphatic rings. The number of hydrogen-bond donors (Lipinski definition) is 3. The summed E-state index contributed by atoms with van der Waals surface area (Å²) in [5, 5.41) is 22.6. The minimum Gasteiger partial charge on any atom is -0.481 e. The molecule has 2 bridgehead atoms. The lowest BCUT2D eigenvalue weighted by molar-refractivity contribution is -0.253. The quantitative estimate of drug-likeness (QED) is 0.223. The van der Waals surface area contributed by atoms with Crippen molar-refractivity contribution in [2.24, 2.45) is 56.7 Å². The second-order valence-electron chi connectivity index (χ2n) is 20.1. The lowest BCUT2D eigenvalue weighted by Crippen LogP contribution is -2.69. The number of amides is 1. The summed E-state index contributed by atoms with van der Waals surface area (Å²) in [6, 6.07) is -0.302. The fourth-order valence-electron chi connectivity index (χ4n) is 13.6. The molecule has 302 valence electrons. The van der Waals surface area contributed by atoms with Crippen LogP contribution in [0.4, 0.5) is 0 Å². The highest BCUT2D eigenvalue weighted by molar-refractivity contribution is 5.90. The Morgan fingerprint density at radius 1 is 1.00 bits per heavy atom. The number of carbonyl (C=O) groups excluding carboxylic acids is 1. The Kier molecular flexibility index (Phi) is 10.3. The first-order valence-corrected chi connectivity index (χ1v) is 21.0. The van der Waals surface area contributed by atoms with E-state index in [0.717, 1.165) is 51.4 Å². The van der Waals surface area contributed by atoms with Crippen LogP contribution in [0.1, 0.15) is 130 Å². The van der Waals surface area contributed by atoms with Crippen molar-refractivity contribution in [2.45, 2.75) is 137 Å². The molecule has 4 aliphatic carbocycles. The SMILES string of the molecule is CNC1(CO[C@H]2[C@H](n3ncnc3C(=O)NC(C)C)CC34COC[C@@]2(C)[C@@H]3CC[C@H]2C4=CC[C@@]3(C)[C@H](C(=O)O)[C@@](C)([C@H](C)C(C)C)CC[C@]23C)CCOCC1. The number of carbonyl (C=O) groups is 2. The van der Waals surface area contributed by atoms with Gasteiger partial charge in [-0.25, -0.2) is 9.67 Å². The predicted octanol–water partition coefficient (Wildman–Crippen LogP) is 6.70. The van der Waals surface area contributed by atoms with Crippen molar-refractivity contribution in [3.05, 3.63) is 23.8 Å². The Morgan fingerprint density at radius 3 is 2.37 bits per heavy atom. The number of fused-ring (bicyclic) bond motifs is 3. The van der Waals surface area contributed by atoms with E-state index in [9.17, 15) is 14.7 Å². The Hall–Kier alpha value is -2.34. The Morgan fingerprint density at radius 2 is 1.72 bits per heavy atom. The number of ether oxygens (including phenoxy) is 3. The maximum absolute atomic E-state index is 13.7. The maximum Gasteiger partial charge on any atom is 0.307 e. The highest BCUT2D eigenvalue weighted by Crippen LogP contribution is 2.75. The Balaban J connectivity index is 1.33. The van der Waals surface area contributed by atoms with E-state index in [1.54, 1.807) is 0 Å². The second-order valence-corrected chi connectivity index (χ2v) is 20.1. The number of allylic oxidation sites excluding steroid dienone is 1. The molecule has 1 aromatic heterocycles. The van der Waals surface area contributed by atoms with Gasteiger partial charge in [-0.2, -0.15) is 5.10 Å². The van der Waals surface area contributed by atoms with E-state index in [1.807, 2.05) is 25.6 Å². The smallest absolute Gasteiger partial charge is 0.307 e. The van der Waals surface area contributed by atoms with Crippen LogP contribution in [0.25, 0.3) is 0 Å². The van der Waals surface area contributed by atoms with Gasteiger partial charge in [0.2, 0.25) is 5.82 Å². The minimum absolute atomic E-state index is 0.0459. The van der Waals surface area contributed by atoms with E-state index in [-0.39, 0.29) is 63.1 Å². The Labute approximate surface area is 323 Å². The van der Waals surface area contributed by atoms with Gasteiger partial charge in [-0.1, -0.05) is 60.1 Å². The molecule has 1 unspecified atom stereocenters. The summed E-state index contributed by atoms with van der Waals surface area (Å²) >= 11 is 0. The van der Waals surface area contributed by atoms with Gasteiger partial charge in [0.1, 0.15) is 6.33 Å². The molecule has 2 saturated heterocycles. The van der Waals surface area contributed by atoms with Crippen molar-refractivity contribution >= 4 is 11.9 Å².